The molecule has 0 aliphatic heterocycles. The van der Waals surface area contributed by atoms with Gasteiger partial charge in [-0.25, -0.2) is 0 Å². The van der Waals surface area contributed by atoms with Crippen LogP contribution in [-0.2, 0) is 0 Å². The summed E-state index contributed by atoms with van der Waals surface area (Å²) in [5.74, 6) is 4.03. The Hall–Kier alpha value is -0.520. The second-order valence-electron chi connectivity index (χ2n) is 4.95. The van der Waals surface area contributed by atoms with Gasteiger partial charge in [0.1, 0.15) is 0 Å². The van der Waals surface area contributed by atoms with Crippen molar-refractivity contribution in [3.05, 3.63) is 24.3 Å². The summed E-state index contributed by atoms with van der Waals surface area (Å²) in [6, 6.07) is 0. The topological polar surface area (TPSA) is 0 Å². The maximum Gasteiger partial charge on any atom is -0.0171 e. The summed E-state index contributed by atoms with van der Waals surface area (Å²) in [7, 11) is 0. The van der Waals surface area contributed by atoms with Gasteiger partial charge < -0.3 is 0 Å². The fourth-order valence-corrected chi connectivity index (χ4v) is 3.70. The van der Waals surface area contributed by atoms with Crippen molar-refractivity contribution in [1.29, 1.82) is 0 Å². The lowest BCUT2D eigenvalue weighted by atomic mass is 9.78. The molecule has 0 N–H and O–H groups in total. The molecule has 4 atom stereocenters. The third-order valence-corrected chi connectivity index (χ3v) is 4.33. The Morgan fingerprint density at radius 2 is 1.85 bits per heavy atom. The summed E-state index contributed by atoms with van der Waals surface area (Å²) in [6.45, 7) is 0. The van der Waals surface area contributed by atoms with E-state index in [-0.39, 0.29) is 0 Å². The fraction of sp³-hybridized carbons (Fsp3) is 0.692. The fourth-order valence-electron chi connectivity index (χ4n) is 3.70. The molecule has 0 nitrogen and oxygen atoms in total. The first-order chi connectivity index (χ1) is 6.45. The molecule has 0 bridgehead atoms. The van der Waals surface area contributed by atoms with Gasteiger partial charge in [0.05, 0.1) is 0 Å². The van der Waals surface area contributed by atoms with Crippen LogP contribution in [0.5, 0.6) is 0 Å². The van der Waals surface area contributed by atoms with Gasteiger partial charge >= 0.3 is 0 Å². The number of fused-ring (bicyclic) bond motifs is 3. The molecule has 0 spiro atoms. The molecule has 0 amide bonds. The first kappa shape index (κ1) is 7.84. The Balaban J connectivity index is 1.86. The lowest BCUT2D eigenvalue weighted by molar-refractivity contribution is 0.317. The standard InChI is InChI=1S/C13H18/c1-3-7-12-10(5-1)9-11-6-2-4-8-13(11)12/h1,3-4,8,10-13H,2,5-7,9H2. The van der Waals surface area contributed by atoms with Crippen LogP contribution in [0.4, 0.5) is 0 Å². The lowest BCUT2D eigenvalue weighted by Crippen LogP contribution is -2.18. The van der Waals surface area contributed by atoms with Gasteiger partial charge in [-0.05, 0) is 55.8 Å². The highest BCUT2D eigenvalue weighted by molar-refractivity contribution is 5.10. The van der Waals surface area contributed by atoms with E-state index in [1.807, 2.05) is 0 Å². The molecule has 1 saturated carbocycles. The quantitative estimate of drug-likeness (QED) is 0.493. The zero-order valence-corrected chi connectivity index (χ0v) is 8.15. The zero-order chi connectivity index (χ0) is 8.67. The van der Waals surface area contributed by atoms with Crippen molar-refractivity contribution in [2.75, 3.05) is 0 Å². The van der Waals surface area contributed by atoms with Crippen LogP contribution in [-0.4, -0.2) is 0 Å². The van der Waals surface area contributed by atoms with Gasteiger partial charge in [-0.1, -0.05) is 24.3 Å². The van der Waals surface area contributed by atoms with E-state index in [4.69, 9.17) is 0 Å². The minimum Gasteiger partial charge on any atom is -0.0882 e. The van der Waals surface area contributed by atoms with Crippen molar-refractivity contribution in [3.63, 3.8) is 0 Å². The number of hydrogen-bond donors (Lipinski definition) is 0. The van der Waals surface area contributed by atoms with E-state index in [1.165, 1.54) is 32.1 Å². The Labute approximate surface area is 80.7 Å². The largest absolute Gasteiger partial charge is 0.0882 e. The minimum atomic E-state index is 0.948. The number of hydrogen-bond acceptors (Lipinski definition) is 0. The second kappa shape index (κ2) is 3.01. The monoisotopic (exact) mass is 174 g/mol. The van der Waals surface area contributed by atoms with Crippen molar-refractivity contribution >= 4 is 0 Å². The molecular weight excluding hydrogens is 156 g/mol. The lowest BCUT2D eigenvalue weighted by Gasteiger charge is -2.27. The van der Waals surface area contributed by atoms with Gasteiger partial charge in [0.2, 0.25) is 0 Å². The molecule has 3 rings (SSSR count). The third-order valence-electron chi connectivity index (χ3n) is 4.33. The van der Waals surface area contributed by atoms with Gasteiger partial charge in [0.15, 0.2) is 0 Å². The molecule has 3 aliphatic rings. The van der Waals surface area contributed by atoms with E-state index < -0.39 is 0 Å². The predicted molar refractivity (Wildman–Crippen MR) is 55.3 cm³/mol. The molecular formula is C13H18. The molecule has 0 aromatic heterocycles. The molecule has 70 valence electrons. The van der Waals surface area contributed by atoms with Crippen molar-refractivity contribution in [1.82, 2.24) is 0 Å². The van der Waals surface area contributed by atoms with E-state index in [0.29, 0.717) is 0 Å². The molecule has 0 heteroatoms. The van der Waals surface area contributed by atoms with Crippen LogP contribution in [0.25, 0.3) is 0 Å². The summed E-state index contributed by atoms with van der Waals surface area (Å²) in [6.07, 6.45) is 16.8. The van der Waals surface area contributed by atoms with Crippen LogP contribution in [0.1, 0.15) is 32.1 Å². The summed E-state index contributed by atoms with van der Waals surface area (Å²) in [5.41, 5.74) is 0. The van der Waals surface area contributed by atoms with Crippen LogP contribution < -0.4 is 0 Å². The Kier molecular flexibility index (Phi) is 1.81. The van der Waals surface area contributed by atoms with Gasteiger partial charge in [-0.3, -0.25) is 0 Å². The Morgan fingerprint density at radius 3 is 2.85 bits per heavy atom. The van der Waals surface area contributed by atoms with E-state index in [1.54, 1.807) is 0 Å². The highest BCUT2D eigenvalue weighted by Gasteiger charge is 2.41. The van der Waals surface area contributed by atoms with Crippen LogP contribution >= 0.6 is 0 Å². The summed E-state index contributed by atoms with van der Waals surface area (Å²) >= 11 is 0. The summed E-state index contributed by atoms with van der Waals surface area (Å²) in [5, 5.41) is 0. The zero-order valence-electron chi connectivity index (χ0n) is 8.15. The first-order valence-electron chi connectivity index (χ1n) is 5.77. The normalized spacial score (nSPS) is 47.4. The molecule has 0 radical (unpaired) electrons. The maximum atomic E-state index is 2.53. The van der Waals surface area contributed by atoms with Crippen LogP contribution in [0.15, 0.2) is 24.3 Å². The van der Waals surface area contributed by atoms with Crippen LogP contribution in [0, 0.1) is 23.7 Å². The highest BCUT2D eigenvalue weighted by Crippen LogP contribution is 2.50. The van der Waals surface area contributed by atoms with Crippen molar-refractivity contribution < 1.29 is 0 Å². The van der Waals surface area contributed by atoms with Crippen molar-refractivity contribution in [3.8, 4) is 0 Å². The molecule has 0 heterocycles. The molecule has 13 heavy (non-hydrogen) atoms. The van der Waals surface area contributed by atoms with E-state index >= 15 is 0 Å². The van der Waals surface area contributed by atoms with E-state index in [2.05, 4.69) is 24.3 Å². The average Bonchev–Trinajstić information content (AvgIpc) is 2.56. The summed E-state index contributed by atoms with van der Waals surface area (Å²) < 4.78 is 0. The van der Waals surface area contributed by atoms with E-state index in [9.17, 15) is 0 Å². The SMILES string of the molecule is C1=CC2C(CC1)CC1CC=CCC12. The second-order valence-corrected chi connectivity index (χ2v) is 4.95. The third kappa shape index (κ3) is 1.19. The smallest absolute Gasteiger partial charge is 0.0171 e. The Morgan fingerprint density at radius 1 is 0.923 bits per heavy atom. The molecule has 1 fully saturated rings. The molecule has 3 aliphatic carbocycles. The molecule has 0 saturated heterocycles. The molecule has 4 unspecified atom stereocenters. The van der Waals surface area contributed by atoms with Crippen molar-refractivity contribution in [2.45, 2.75) is 32.1 Å². The van der Waals surface area contributed by atoms with Crippen LogP contribution in [0.2, 0.25) is 0 Å². The predicted octanol–water partition coefficient (Wildman–Crippen LogP) is 3.55. The maximum absolute atomic E-state index is 2.53. The van der Waals surface area contributed by atoms with Gasteiger partial charge in [0.25, 0.3) is 0 Å². The van der Waals surface area contributed by atoms with Crippen LogP contribution in [0.3, 0.4) is 0 Å². The molecule has 0 aromatic rings. The van der Waals surface area contributed by atoms with Crippen molar-refractivity contribution in [2.24, 2.45) is 23.7 Å². The molecule has 0 aromatic carbocycles. The highest BCUT2D eigenvalue weighted by atomic mass is 14.5. The average molecular weight is 174 g/mol. The number of rotatable bonds is 0. The van der Waals surface area contributed by atoms with Gasteiger partial charge in [-0.2, -0.15) is 0 Å². The van der Waals surface area contributed by atoms with Gasteiger partial charge in [0, 0.05) is 0 Å². The minimum absolute atomic E-state index is 0.948. The van der Waals surface area contributed by atoms with Gasteiger partial charge in [-0.15, -0.1) is 0 Å². The van der Waals surface area contributed by atoms with E-state index in [0.717, 1.165) is 23.7 Å². The Bertz CT molecular complexity index is 249. The summed E-state index contributed by atoms with van der Waals surface area (Å²) in [4.78, 5) is 0. The number of allylic oxidation sites excluding steroid dienone is 4. The first-order valence-corrected chi connectivity index (χ1v) is 5.77.